The zero-order valence-corrected chi connectivity index (χ0v) is 14.1. The van der Waals surface area contributed by atoms with Gasteiger partial charge in [-0.25, -0.2) is 8.42 Å². The van der Waals surface area contributed by atoms with Crippen molar-refractivity contribution in [3.63, 3.8) is 0 Å². The molecule has 1 fully saturated rings. The van der Waals surface area contributed by atoms with Crippen molar-refractivity contribution >= 4 is 10.0 Å². The Morgan fingerprint density at radius 2 is 1.88 bits per heavy atom. The molecule has 0 bridgehead atoms. The van der Waals surface area contributed by atoms with Crippen molar-refractivity contribution in [1.82, 2.24) is 4.31 Å². The highest BCUT2D eigenvalue weighted by molar-refractivity contribution is 7.89. The van der Waals surface area contributed by atoms with E-state index in [1.165, 1.54) is 4.31 Å². The van der Waals surface area contributed by atoms with E-state index in [4.69, 9.17) is 10.5 Å². The van der Waals surface area contributed by atoms with Crippen LogP contribution < -0.4 is 10.5 Å². The van der Waals surface area contributed by atoms with Gasteiger partial charge in [0.05, 0.1) is 11.5 Å². The van der Waals surface area contributed by atoms with E-state index in [1.807, 2.05) is 30.3 Å². The third-order valence-electron chi connectivity index (χ3n) is 4.86. The molecule has 1 saturated heterocycles. The van der Waals surface area contributed by atoms with E-state index in [9.17, 15) is 8.42 Å². The van der Waals surface area contributed by atoms with Crippen LogP contribution in [0.1, 0.15) is 17.0 Å². The molecule has 2 aliphatic rings. The van der Waals surface area contributed by atoms with E-state index in [1.54, 1.807) is 18.2 Å². The van der Waals surface area contributed by atoms with Crippen LogP contribution in [0, 0.1) is 0 Å². The number of nitrogens with zero attached hydrogens (tertiary/aromatic N) is 1. The van der Waals surface area contributed by atoms with Gasteiger partial charge in [-0.05, 0) is 29.3 Å². The normalized spacial score (nSPS) is 23.9. The van der Waals surface area contributed by atoms with Gasteiger partial charge < -0.3 is 10.5 Å². The molecule has 0 radical (unpaired) electrons. The first-order chi connectivity index (χ1) is 11.6. The predicted octanol–water partition coefficient (Wildman–Crippen LogP) is 1.74. The lowest BCUT2D eigenvalue weighted by Crippen LogP contribution is -2.32. The van der Waals surface area contributed by atoms with Gasteiger partial charge in [0.15, 0.2) is 0 Å². The van der Waals surface area contributed by atoms with Crippen LogP contribution in [-0.2, 0) is 16.4 Å². The minimum Gasteiger partial charge on any atom is -0.493 e. The summed E-state index contributed by atoms with van der Waals surface area (Å²) in [5, 5.41) is 0. The van der Waals surface area contributed by atoms with Gasteiger partial charge in [0, 0.05) is 31.5 Å². The maximum absolute atomic E-state index is 13.0. The quantitative estimate of drug-likeness (QED) is 0.920. The number of ether oxygens (including phenoxy) is 1. The fourth-order valence-corrected chi connectivity index (χ4v) is 5.07. The van der Waals surface area contributed by atoms with Crippen molar-refractivity contribution in [2.75, 3.05) is 19.7 Å². The Bertz CT molecular complexity index is 852. The fourth-order valence-electron chi connectivity index (χ4n) is 3.51. The first kappa shape index (κ1) is 15.6. The molecule has 126 valence electrons. The van der Waals surface area contributed by atoms with E-state index in [2.05, 4.69) is 0 Å². The monoisotopic (exact) mass is 344 g/mol. The lowest BCUT2D eigenvalue weighted by molar-refractivity contribution is 0.356. The predicted molar refractivity (Wildman–Crippen MR) is 91.6 cm³/mol. The van der Waals surface area contributed by atoms with Gasteiger partial charge in [-0.1, -0.05) is 30.3 Å². The van der Waals surface area contributed by atoms with Crippen molar-refractivity contribution in [3.8, 4) is 5.75 Å². The van der Waals surface area contributed by atoms with Crippen molar-refractivity contribution < 1.29 is 13.2 Å². The first-order valence-corrected chi connectivity index (χ1v) is 9.56. The maximum Gasteiger partial charge on any atom is 0.243 e. The largest absolute Gasteiger partial charge is 0.493 e. The van der Waals surface area contributed by atoms with Crippen LogP contribution in [0.15, 0.2) is 53.4 Å². The number of rotatable bonds is 3. The highest BCUT2D eigenvalue weighted by atomic mass is 32.2. The SMILES string of the molecule is N[C@@H]1CN(S(=O)(=O)c2ccc3c(c2)CCO3)C[C@H]1c1ccccc1. The number of nitrogens with two attached hydrogens (primary N) is 1. The lowest BCUT2D eigenvalue weighted by Gasteiger charge is -2.17. The van der Waals surface area contributed by atoms with Crippen molar-refractivity contribution in [2.24, 2.45) is 5.73 Å². The molecule has 2 aliphatic heterocycles. The molecule has 2 heterocycles. The zero-order valence-electron chi connectivity index (χ0n) is 13.3. The number of fused-ring (bicyclic) bond motifs is 1. The van der Waals surface area contributed by atoms with E-state index < -0.39 is 10.0 Å². The Hall–Kier alpha value is -1.89. The third kappa shape index (κ3) is 2.60. The van der Waals surface area contributed by atoms with Gasteiger partial charge in [0.2, 0.25) is 10.0 Å². The van der Waals surface area contributed by atoms with Gasteiger partial charge in [0.1, 0.15) is 5.75 Å². The van der Waals surface area contributed by atoms with Crippen LogP contribution in [0.5, 0.6) is 5.75 Å². The summed E-state index contributed by atoms with van der Waals surface area (Å²) in [7, 11) is -3.54. The maximum atomic E-state index is 13.0. The number of sulfonamides is 1. The molecule has 2 N–H and O–H groups in total. The van der Waals surface area contributed by atoms with E-state index in [0.717, 1.165) is 23.3 Å². The summed E-state index contributed by atoms with van der Waals surface area (Å²) in [5.41, 5.74) is 8.29. The van der Waals surface area contributed by atoms with Crippen LogP contribution in [0.25, 0.3) is 0 Å². The molecule has 4 rings (SSSR count). The van der Waals surface area contributed by atoms with E-state index >= 15 is 0 Å². The molecule has 6 heteroatoms. The highest BCUT2D eigenvalue weighted by Crippen LogP contribution is 2.33. The summed E-state index contributed by atoms with van der Waals surface area (Å²) in [6, 6.07) is 14.8. The Balaban J connectivity index is 1.61. The molecule has 2 atom stereocenters. The summed E-state index contributed by atoms with van der Waals surface area (Å²) >= 11 is 0. The minimum absolute atomic E-state index is 0.0266. The molecule has 0 aromatic heterocycles. The number of hydrogen-bond acceptors (Lipinski definition) is 4. The van der Waals surface area contributed by atoms with Gasteiger partial charge in [-0.3, -0.25) is 0 Å². The van der Waals surface area contributed by atoms with Crippen molar-refractivity contribution in [1.29, 1.82) is 0 Å². The van der Waals surface area contributed by atoms with Crippen LogP contribution in [-0.4, -0.2) is 38.5 Å². The molecule has 2 aromatic rings. The summed E-state index contributed by atoms with van der Waals surface area (Å²) < 4.78 is 32.9. The average molecular weight is 344 g/mol. The molecule has 0 unspecified atom stereocenters. The molecule has 0 amide bonds. The van der Waals surface area contributed by atoms with E-state index in [-0.39, 0.29) is 12.0 Å². The smallest absolute Gasteiger partial charge is 0.243 e. The Kier molecular flexibility index (Phi) is 3.83. The molecule has 5 nitrogen and oxygen atoms in total. The van der Waals surface area contributed by atoms with Gasteiger partial charge >= 0.3 is 0 Å². The second-order valence-electron chi connectivity index (χ2n) is 6.37. The van der Waals surface area contributed by atoms with Crippen LogP contribution in [0.2, 0.25) is 0 Å². The van der Waals surface area contributed by atoms with Gasteiger partial charge in [-0.15, -0.1) is 0 Å². The summed E-state index contributed by atoms with van der Waals surface area (Å²) in [4.78, 5) is 0.327. The average Bonchev–Trinajstić information content (AvgIpc) is 3.21. The number of hydrogen-bond donors (Lipinski definition) is 1. The topological polar surface area (TPSA) is 72.6 Å². The van der Waals surface area contributed by atoms with E-state index in [0.29, 0.717) is 24.6 Å². The zero-order chi connectivity index (χ0) is 16.7. The highest BCUT2D eigenvalue weighted by Gasteiger charge is 2.38. The van der Waals surface area contributed by atoms with Gasteiger partial charge in [-0.2, -0.15) is 4.31 Å². The van der Waals surface area contributed by atoms with Crippen LogP contribution in [0.4, 0.5) is 0 Å². The molecular formula is C18H20N2O3S. The second-order valence-corrected chi connectivity index (χ2v) is 8.31. The summed E-state index contributed by atoms with van der Waals surface area (Å²) in [5.74, 6) is 0.813. The third-order valence-corrected chi connectivity index (χ3v) is 6.69. The molecule has 0 aliphatic carbocycles. The van der Waals surface area contributed by atoms with Gasteiger partial charge in [0.25, 0.3) is 0 Å². The Labute approximate surface area is 142 Å². The van der Waals surface area contributed by atoms with Crippen LogP contribution >= 0.6 is 0 Å². The first-order valence-electron chi connectivity index (χ1n) is 8.12. The molecule has 2 aromatic carbocycles. The molecular weight excluding hydrogens is 324 g/mol. The Morgan fingerprint density at radius 1 is 1.08 bits per heavy atom. The molecule has 0 saturated carbocycles. The standard InChI is InChI=1S/C18H20N2O3S/c19-17-12-20(11-16(17)13-4-2-1-3-5-13)24(21,22)15-6-7-18-14(10-15)8-9-23-18/h1-7,10,16-17H,8-9,11-12,19H2/t16-,17+/m0/s1. The molecule has 0 spiro atoms. The summed E-state index contributed by atoms with van der Waals surface area (Å²) in [6.07, 6.45) is 0.755. The fraction of sp³-hybridized carbons (Fsp3) is 0.333. The lowest BCUT2D eigenvalue weighted by atomic mass is 9.95. The number of benzene rings is 2. The molecule has 24 heavy (non-hydrogen) atoms. The minimum atomic E-state index is -3.54. The van der Waals surface area contributed by atoms with Crippen molar-refractivity contribution in [3.05, 3.63) is 59.7 Å². The summed E-state index contributed by atoms with van der Waals surface area (Å²) in [6.45, 7) is 1.38. The van der Waals surface area contributed by atoms with Crippen molar-refractivity contribution in [2.45, 2.75) is 23.3 Å². The Morgan fingerprint density at radius 3 is 2.67 bits per heavy atom. The second kappa shape index (κ2) is 5.88. The van der Waals surface area contributed by atoms with Crippen LogP contribution in [0.3, 0.4) is 0 Å².